The van der Waals surface area contributed by atoms with Crippen LogP contribution in [-0.4, -0.2) is 95.2 Å². The molecule has 0 bridgehead atoms. The molecular formula is C41H75N5O4. The lowest BCUT2D eigenvalue weighted by Gasteiger charge is -2.41. The topological polar surface area (TPSA) is 102 Å². The number of unbranched alkanes of at least 4 members (excludes halogenated alkanes) is 9. The quantitative estimate of drug-likeness (QED) is 0.103. The highest BCUT2D eigenvalue weighted by molar-refractivity contribution is 5.97. The number of likely N-dealkylation sites (tertiary alicyclic amines) is 2. The van der Waals surface area contributed by atoms with E-state index in [0.717, 1.165) is 45.1 Å². The van der Waals surface area contributed by atoms with Gasteiger partial charge in [-0.05, 0) is 70.8 Å². The number of hydrogen-bond donors (Lipinski definition) is 2. The summed E-state index contributed by atoms with van der Waals surface area (Å²) in [6, 6.07) is -1.53. The summed E-state index contributed by atoms with van der Waals surface area (Å²) < 4.78 is 0. The van der Waals surface area contributed by atoms with Gasteiger partial charge in [-0.1, -0.05) is 112 Å². The first kappa shape index (κ1) is 43.7. The number of carbonyl (C=O) groups excluding carboxylic acids is 4. The van der Waals surface area contributed by atoms with E-state index in [-0.39, 0.29) is 47.7 Å². The van der Waals surface area contributed by atoms with E-state index in [1.807, 2.05) is 40.7 Å². The molecule has 0 aromatic carbocycles. The van der Waals surface area contributed by atoms with Gasteiger partial charge in [0.1, 0.15) is 12.1 Å². The van der Waals surface area contributed by atoms with Crippen molar-refractivity contribution in [1.82, 2.24) is 25.3 Å². The fraction of sp³-hybridized carbons (Fsp3) is 0.854. The van der Waals surface area contributed by atoms with Crippen molar-refractivity contribution in [2.75, 3.05) is 26.7 Å². The molecule has 9 nitrogen and oxygen atoms in total. The summed E-state index contributed by atoms with van der Waals surface area (Å²) in [5.41, 5.74) is 0.0159. The third kappa shape index (κ3) is 13.6. The van der Waals surface area contributed by atoms with Crippen LogP contribution < -0.4 is 10.6 Å². The van der Waals surface area contributed by atoms with Crippen LogP contribution in [0.5, 0.6) is 0 Å². The molecule has 4 atom stereocenters. The lowest BCUT2D eigenvalue weighted by Crippen LogP contribution is -2.60. The van der Waals surface area contributed by atoms with Crippen LogP contribution in [0.2, 0.25) is 0 Å². The van der Waals surface area contributed by atoms with E-state index in [1.54, 1.807) is 23.8 Å². The average Bonchev–Trinajstić information content (AvgIpc) is 3.57. The van der Waals surface area contributed by atoms with E-state index < -0.39 is 17.5 Å². The number of carbonyl (C=O) groups is 4. The summed E-state index contributed by atoms with van der Waals surface area (Å²) in [5.74, 6) is -0.450. The van der Waals surface area contributed by atoms with Crippen LogP contribution >= 0.6 is 0 Å². The summed E-state index contributed by atoms with van der Waals surface area (Å²) in [6.45, 7) is 20.4. The molecule has 0 aromatic rings. The van der Waals surface area contributed by atoms with E-state index in [9.17, 15) is 19.2 Å². The van der Waals surface area contributed by atoms with Crippen molar-refractivity contribution in [3.8, 4) is 0 Å². The predicted octanol–water partition coefficient (Wildman–Crippen LogP) is 7.24. The second kappa shape index (κ2) is 21.8. The Morgan fingerprint density at radius 1 is 0.800 bits per heavy atom. The van der Waals surface area contributed by atoms with Gasteiger partial charge in [0.25, 0.3) is 0 Å². The first-order chi connectivity index (χ1) is 23.6. The van der Waals surface area contributed by atoms with Gasteiger partial charge in [-0.3, -0.25) is 24.1 Å². The van der Waals surface area contributed by atoms with E-state index in [1.165, 1.54) is 51.4 Å². The van der Waals surface area contributed by atoms with Gasteiger partial charge in [-0.2, -0.15) is 0 Å². The standard InChI is InChI=1S/C41H75N5O4/c1-11-12-13-14-15-16-17-18-19-21-26-42-37(47)33-25-23-28-46(33)39(49)32(6)29-35(30(2)3)44(10)40(50)36(41(7,8)9)43-38(48)34-24-20-22-27-45(34)31(4)5/h29-31,33-36H,11-28H2,1-10H3,(H,42,47)(H,43,48)/t33-,34?,35+,36+/m0/s1. The van der Waals surface area contributed by atoms with Crippen molar-refractivity contribution in [2.45, 2.75) is 189 Å². The lowest BCUT2D eigenvalue weighted by molar-refractivity contribution is -0.142. The second-order valence-electron chi connectivity index (χ2n) is 16.8. The van der Waals surface area contributed by atoms with Gasteiger partial charge in [-0.25, -0.2) is 0 Å². The molecule has 2 fully saturated rings. The van der Waals surface area contributed by atoms with Crippen molar-refractivity contribution in [3.63, 3.8) is 0 Å². The zero-order chi connectivity index (χ0) is 37.4. The number of amides is 4. The van der Waals surface area contributed by atoms with E-state index in [0.29, 0.717) is 25.1 Å². The van der Waals surface area contributed by atoms with E-state index in [4.69, 9.17) is 0 Å². The van der Waals surface area contributed by atoms with Crippen molar-refractivity contribution < 1.29 is 19.2 Å². The van der Waals surface area contributed by atoms with Crippen molar-refractivity contribution in [3.05, 3.63) is 11.6 Å². The SMILES string of the molecule is CCCCCCCCCCCCNC(=O)[C@@H]1CCCN1C(=O)C(C)=C[C@H](C(C)C)N(C)C(=O)[C@@H](NC(=O)C1CCCCN1C(C)C)C(C)(C)C. The monoisotopic (exact) mass is 702 g/mol. The first-order valence-electron chi connectivity index (χ1n) is 20.2. The Kier molecular flexibility index (Phi) is 19.1. The van der Waals surface area contributed by atoms with Gasteiger partial charge in [0.05, 0.1) is 12.1 Å². The number of rotatable bonds is 20. The average molecular weight is 702 g/mol. The molecule has 4 amide bonds. The van der Waals surface area contributed by atoms with Crippen LogP contribution in [-0.2, 0) is 19.2 Å². The summed E-state index contributed by atoms with van der Waals surface area (Å²) in [6.07, 6.45) is 18.7. The minimum atomic E-state index is -0.719. The Balaban J connectivity index is 2.01. The van der Waals surface area contributed by atoms with Gasteiger partial charge in [-0.15, -0.1) is 0 Å². The molecule has 2 aliphatic heterocycles. The Morgan fingerprint density at radius 2 is 1.38 bits per heavy atom. The second-order valence-corrected chi connectivity index (χ2v) is 16.8. The maximum atomic E-state index is 14.2. The zero-order valence-corrected chi connectivity index (χ0v) is 33.7. The molecule has 2 heterocycles. The van der Waals surface area contributed by atoms with Crippen molar-refractivity contribution >= 4 is 23.6 Å². The molecule has 0 radical (unpaired) electrons. The third-order valence-corrected chi connectivity index (χ3v) is 10.8. The molecule has 0 aromatic heterocycles. The van der Waals surface area contributed by atoms with Crippen LogP contribution in [0, 0.1) is 11.3 Å². The normalized spacial score (nSPS) is 20.2. The van der Waals surface area contributed by atoms with Crippen LogP contribution in [0.25, 0.3) is 0 Å². The molecule has 2 N–H and O–H groups in total. The molecule has 2 rings (SSSR count). The Bertz CT molecular complexity index is 1100. The highest BCUT2D eigenvalue weighted by Gasteiger charge is 2.40. The van der Waals surface area contributed by atoms with Crippen LogP contribution in [0.1, 0.15) is 159 Å². The largest absolute Gasteiger partial charge is 0.354 e. The molecule has 9 heteroatoms. The predicted molar refractivity (Wildman–Crippen MR) is 206 cm³/mol. The molecule has 0 aliphatic carbocycles. The highest BCUT2D eigenvalue weighted by atomic mass is 16.2. The summed E-state index contributed by atoms with van der Waals surface area (Å²) in [7, 11) is 1.77. The first-order valence-corrected chi connectivity index (χ1v) is 20.2. The molecule has 288 valence electrons. The minimum Gasteiger partial charge on any atom is -0.354 e. The number of hydrogen-bond acceptors (Lipinski definition) is 5. The Labute approximate surface area is 306 Å². The zero-order valence-electron chi connectivity index (χ0n) is 33.7. The molecule has 50 heavy (non-hydrogen) atoms. The van der Waals surface area contributed by atoms with Crippen LogP contribution in [0.4, 0.5) is 0 Å². The van der Waals surface area contributed by atoms with Gasteiger partial charge >= 0.3 is 0 Å². The fourth-order valence-electron chi connectivity index (χ4n) is 7.62. The van der Waals surface area contributed by atoms with Gasteiger partial charge in [0.15, 0.2) is 0 Å². The minimum absolute atomic E-state index is 0.0246. The number of nitrogens with one attached hydrogen (secondary N) is 2. The summed E-state index contributed by atoms with van der Waals surface area (Å²) >= 11 is 0. The highest BCUT2D eigenvalue weighted by Crippen LogP contribution is 2.27. The molecular weight excluding hydrogens is 626 g/mol. The van der Waals surface area contributed by atoms with Gasteiger partial charge < -0.3 is 20.4 Å². The van der Waals surface area contributed by atoms with E-state index in [2.05, 4.69) is 36.3 Å². The number of likely N-dealkylation sites (N-methyl/N-ethyl adjacent to an activating group) is 1. The molecule has 1 unspecified atom stereocenters. The molecule has 0 saturated carbocycles. The van der Waals surface area contributed by atoms with E-state index >= 15 is 0 Å². The van der Waals surface area contributed by atoms with Gasteiger partial charge in [0, 0.05) is 31.8 Å². The lowest BCUT2D eigenvalue weighted by atomic mass is 9.84. The Morgan fingerprint density at radius 3 is 1.94 bits per heavy atom. The van der Waals surface area contributed by atoms with Crippen LogP contribution in [0.3, 0.4) is 0 Å². The Hall–Kier alpha value is -2.42. The fourth-order valence-corrected chi connectivity index (χ4v) is 7.62. The third-order valence-electron chi connectivity index (χ3n) is 10.8. The molecule has 2 saturated heterocycles. The summed E-state index contributed by atoms with van der Waals surface area (Å²) in [5, 5.41) is 6.25. The molecule has 2 aliphatic rings. The maximum absolute atomic E-state index is 14.2. The number of piperidine rings is 1. The maximum Gasteiger partial charge on any atom is 0.249 e. The number of nitrogens with zero attached hydrogens (tertiary/aromatic N) is 3. The van der Waals surface area contributed by atoms with Crippen molar-refractivity contribution in [1.29, 1.82) is 0 Å². The van der Waals surface area contributed by atoms with Gasteiger partial charge in [0.2, 0.25) is 23.6 Å². The van der Waals surface area contributed by atoms with Crippen molar-refractivity contribution in [2.24, 2.45) is 11.3 Å². The smallest absolute Gasteiger partial charge is 0.249 e. The van der Waals surface area contributed by atoms with Crippen LogP contribution in [0.15, 0.2) is 11.6 Å². The molecule has 0 spiro atoms. The summed E-state index contributed by atoms with van der Waals surface area (Å²) in [4.78, 5) is 60.5.